The van der Waals surface area contributed by atoms with Crippen LogP contribution in [-0.4, -0.2) is 33.8 Å². The minimum absolute atomic E-state index is 0.00213. The Morgan fingerprint density at radius 3 is 2.72 bits per heavy atom. The van der Waals surface area contributed by atoms with Gasteiger partial charge in [0.05, 0.1) is 6.54 Å². The van der Waals surface area contributed by atoms with Gasteiger partial charge in [0.15, 0.2) is 0 Å². The van der Waals surface area contributed by atoms with Gasteiger partial charge in [-0.25, -0.2) is 4.98 Å². The fourth-order valence-electron chi connectivity index (χ4n) is 2.26. The minimum atomic E-state index is -0.730. The summed E-state index contributed by atoms with van der Waals surface area (Å²) >= 11 is 1.50. The van der Waals surface area contributed by atoms with Crippen LogP contribution in [-0.2, 0) is 16.1 Å². The molecule has 1 N–H and O–H groups in total. The van der Waals surface area contributed by atoms with Crippen LogP contribution < -0.4 is 5.32 Å². The Balaban J connectivity index is 2.20. The lowest BCUT2D eigenvalue weighted by Gasteiger charge is -2.40. The van der Waals surface area contributed by atoms with Crippen LogP contribution in [0.25, 0.3) is 0 Å². The molecular formula is C12H17N3O2S. The van der Waals surface area contributed by atoms with Crippen molar-refractivity contribution < 1.29 is 9.59 Å². The summed E-state index contributed by atoms with van der Waals surface area (Å²) in [6.45, 7) is 4.40. The van der Waals surface area contributed by atoms with Gasteiger partial charge in [-0.2, -0.15) is 0 Å². The van der Waals surface area contributed by atoms with Crippen LogP contribution >= 0.6 is 11.3 Å². The lowest BCUT2D eigenvalue weighted by molar-refractivity contribution is -0.151. The SMILES string of the molecule is CCC1(CC)NC(=O)CN(Cc2nccs2)C1=O. The van der Waals surface area contributed by atoms with Crippen molar-refractivity contribution in [2.45, 2.75) is 38.8 Å². The summed E-state index contributed by atoms with van der Waals surface area (Å²) in [5.41, 5.74) is -0.730. The van der Waals surface area contributed by atoms with Crippen molar-refractivity contribution in [2.75, 3.05) is 6.54 Å². The number of nitrogens with one attached hydrogen (secondary N) is 1. The van der Waals surface area contributed by atoms with E-state index in [0.29, 0.717) is 19.4 Å². The number of carbonyl (C=O) groups is 2. The summed E-state index contributed by atoms with van der Waals surface area (Å²) in [6, 6.07) is 0. The van der Waals surface area contributed by atoms with E-state index in [4.69, 9.17) is 0 Å². The van der Waals surface area contributed by atoms with Crippen molar-refractivity contribution in [2.24, 2.45) is 0 Å². The van der Waals surface area contributed by atoms with Gasteiger partial charge in [0, 0.05) is 11.6 Å². The first kappa shape index (κ1) is 13.0. The normalized spacial score (nSPS) is 18.9. The average Bonchev–Trinajstić information content (AvgIpc) is 2.86. The Hall–Kier alpha value is -1.43. The predicted molar refractivity (Wildman–Crippen MR) is 69.0 cm³/mol. The molecule has 6 heteroatoms. The number of hydrogen-bond donors (Lipinski definition) is 1. The van der Waals surface area contributed by atoms with Gasteiger partial charge in [0.25, 0.3) is 0 Å². The van der Waals surface area contributed by atoms with E-state index in [1.54, 1.807) is 11.1 Å². The maximum absolute atomic E-state index is 12.5. The molecule has 18 heavy (non-hydrogen) atoms. The molecule has 0 spiro atoms. The summed E-state index contributed by atoms with van der Waals surface area (Å²) in [4.78, 5) is 30.0. The van der Waals surface area contributed by atoms with Gasteiger partial charge in [-0.3, -0.25) is 9.59 Å². The molecule has 98 valence electrons. The van der Waals surface area contributed by atoms with E-state index in [-0.39, 0.29) is 18.4 Å². The van der Waals surface area contributed by atoms with Crippen LogP contribution in [0.5, 0.6) is 0 Å². The molecule has 0 radical (unpaired) electrons. The second kappa shape index (κ2) is 5.06. The summed E-state index contributed by atoms with van der Waals surface area (Å²) in [6.07, 6.45) is 2.94. The maximum Gasteiger partial charge on any atom is 0.249 e. The molecule has 1 aromatic heterocycles. The largest absolute Gasteiger partial charge is 0.340 e. The molecule has 1 aliphatic rings. The van der Waals surface area contributed by atoms with Gasteiger partial charge in [0.2, 0.25) is 11.8 Å². The lowest BCUT2D eigenvalue weighted by atomic mass is 9.89. The van der Waals surface area contributed by atoms with Gasteiger partial charge >= 0.3 is 0 Å². The van der Waals surface area contributed by atoms with Crippen molar-refractivity contribution in [1.82, 2.24) is 15.2 Å². The molecular weight excluding hydrogens is 250 g/mol. The van der Waals surface area contributed by atoms with E-state index >= 15 is 0 Å². The fourth-order valence-corrected chi connectivity index (χ4v) is 2.89. The van der Waals surface area contributed by atoms with Crippen molar-refractivity contribution in [3.8, 4) is 0 Å². The van der Waals surface area contributed by atoms with E-state index < -0.39 is 5.54 Å². The van der Waals surface area contributed by atoms with Crippen LogP contribution in [0.4, 0.5) is 0 Å². The zero-order valence-electron chi connectivity index (χ0n) is 10.6. The van der Waals surface area contributed by atoms with Crippen molar-refractivity contribution in [1.29, 1.82) is 0 Å². The molecule has 0 aliphatic carbocycles. The Morgan fingerprint density at radius 1 is 1.44 bits per heavy atom. The number of aromatic nitrogens is 1. The van der Waals surface area contributed by atoms with Crippen LogP contribution in [0.15, 0.2) is 11.6 Å². The van der Waals surface area contributed by atoms with Gasteiger partial charge in [-0.15, -0.1) is 11.3 Å². The van der Waals surface area contributed by atoms with Crippen LogP contribution in [0.2, 0.25) is 0 Å². The maximum atomic E-state index is 12.5. The standard InChI is InChI=1S/C12H17N3O2S/c1-3-12(4-2)11(17)15(7-9(16)14-12)8-10-13-5-6-18-10/h5-6H,3-4,7-8H2,1-2H3,(H,14,16). The second-order valence-corrected chi connectivity index (χ2v) is 5.40. The Kier molecular flexibility index (Phi) is 3.65. The molecule has 5 nitrogen and oxygen atoms in total. The number of hydrogen-bond acceptors (Lipinski definition) is 4. The lowest BCUT2D eigenvalue weighted by Crippen LogP contribution is -2.65. The number of amides is 2. The first-order chi connectivity index (χ1) is 8.61. The van der Waals surface area contributed by atoms with E-state index in [1.165, 1.54) is 11.3 Å². The summed E-state index contributed by atoms with van der Waals surface area (Å²) in [7, 11) is 0. The predicted octanol–water partition coefficient (Wildman–Crippen LogP) is 1.16. The van der Waals surface area contributed by atoms with Crippen LogP contribution in [0, 0.1) is 0 Å². The van der Waals surface area contributed by atoms with E-state index in [2.05, 4.69) is 10.3 Å². The molecule has 0 aromatic carbocycles. The Labute approximate surface area is 110 Å². The molecule has 0 bridgehead atoms. The third-order valence-corrected chi connectivity index (χ3v) is 4.19. The topological polar surface area (TPSA) is 62.3 Å². The minimum Gasteiger partial charge on any atom is -0.340 e. The van der Waals surface area contributed by atoms with Gasteiger partial charge in [-0.05, 0) is 12.8 Å². The summed E-state index contributed by atoms with van der Waals surface area (Å²) < 4.78 is 0. The Morgan fingerprint density at radius 2 is 2.17 bits per heavy atom. The van der Waals surface area contributed by atoms with E-state index in [1.807, 2.05) is 19.2 Å². The quantitative estimate of drug-likeness (QED) is 0.890. The fraction of sp³-hybridized carbons (Fsp3) is 0.583. The molecule has 0 unspecified atom stereocenters. The monoisotopic (exact) mass is 267 g/mol. The van der Waals surface area contributed by atoms with Crippen LogP contribution in [0.1, 0.15) is 31.7 Å². The highest BCUT2D eigenvalue weighted by Crippen LogP contribution is 2.23. The van der Waals surface area contributed by atoms with Gasteiger partial charge < -0.3 is 10.2 Å². The molecule has 2 heterocycles. The van der Waals surface area contributed by atoms with Crippen molar-refractivity contribution in [3.05, 3.63) is 16.6 Å². The number of thiazole rings is 1. The third-order valence-electron chi connectivity index (χ3n) is 3.43. The number of rotatable bonds is 4. The first-order valence-corrected chi connectivity index (χ1v) is 6.98. The molecule has 1 fully saturated rings. The molecule has 2 amide bonds. The zero-order chi connectivity index (χ0) is 13.2. The second-order valence-electron chi connectivity index (χ2n) is 4.42. The smallest absolute Gasteiger partial charge is 0.249 e. The molecule has 2 rings (SSSR count). The highest BCUT2D eigenvalue weighted by atomic mass is 32.1. The average molecular weight is 267 g/mol. The molecule has 0 atom stereocenters. The molecule has 1 aromatic rings. The van der Waals surface area contributed by atoms with Gasteiger partial charge in [0.1, 0.15) is 17.1 Å². The number of carbonyl (C=O) groups excluding carboxylic acids is 2. The number of piperazine rings is 1. The molecule has 1 aliphatic heterocycles. The van der Waals surface area contributed by atoms with Crippen molar-refractivity contribution >= 4 is 23.2 Å². The summed E-state index contributed by atoms with van der Waals surface area (Å²) in [5, 5.41) is 5.57. The van der Waals surface area contributed by atoms with Crippen LogP contribution in [0.3, 0.4) is 0 Å². The molecule has 1 saturated heterocycles. The van der Waals surface area contributed by atoms with Gasteiger partial charge in [-0.1, -0.05) is 13.8 Å². The third kappa shape index (κ3) is 2.25. The highest BCUT2D eigenvalue weighted by Gasteiger charge is 2.43. The zero-order valence-corrected chi connectivity index (χ0v) is 11.4. The van der Waals surface area contributed by atoms with E-state index in [9.17, 15) is 9.59 Å². The van der Waals surface area contributed by atoms with E-state index in [0.717, 1.165) is 5.01 Å². The molecule has 0 saturated carbocycles. The highest BCUT2D eigenvalue weighted by molar-refractivity contribution is 7.09. The summed E-state index contributed by atoms with van der Waals surface area (Å²) in [5.74, 6) is -0.0860. The van der Waals surface area contributed by atoms with Crippen molar-refractivity contribution in [3.63, 3.8) is 0 Å². The first-order valence-electron chi connectivity index (χ1n) is 6.10. The number of nitrogens with zero attached hydrogens (tertiary/aromatic N) is 2. The Bertz CT molecular complexity index is 440.